The van der Waals surface area contributed by atoms with E-state index >= 15 is 0 Å². The van der Waals surface area contributed by atoms with Crippen LogP contribution in [0.1, 0.15) is 36.1 Å². The second-order valence-electron chi connectivity index (χ2n) is 4.38. The lowest BCUT2D eigenvalue weighted by atomic mass is 9.97. The summed E-state index contributed by atoms with van der Waals surface area (Å²) in [6, 6.07) is 0. The smallest absolute Gasteiger partial charge is 0.264 e. The molecule has 1 rings (SSSR count). The molecule has 0 saturated carbocycles. The Labute approximate surface area is 108 Å². The highest BCUT2D eigenvalue weighted by atomic mass is 79.9. The van der Waals surface area contributed by atoms with Crippen LogP contribution in [-0.2, 0) is 6.42 Å². The van der Waals surface area contributed by atoms with Gasteiger partial charge >= 0.3 is 0 Å². The molecule has 0 atom stereocenters. The molecule has 0 radical (unpaired) electrons. The third kappa shape index (κ3) is 3.52. The number of carbonyl (C=O) groups excluding carboxylic acids is 1. The summed E-state index contributed by atoms with van der Waals surface area (Å²) in [5.74, 6) is -0.0686. The number of nitrogens with zero attached hydrogens (tertiary/aromatic N) is 2. The first-order valence-electron chi connectivity index (χ1n) is 5.15. The average molecular weight is 306 g/mol. The maximum Gasteiger partial charge on any atom is 0.264 e. The molecule has 0 bridgehead atoms. The van der Waals surface area contributed by atoms with Crippen molar-refractivity contribution >= 4 is 33.4 Å². The number of nitrogens with one attached hydrogen (secondary N) is 1. The lowest BCUT2D eigenvalue weighted by Gasteiger charge is -2.21. The second kappa shape index (κ2) is 5.72. The van der Waals surface area contributed by atoms with E-state index in [2.05, 4.69) is 44.7 Å². The van der Waals surface area contributed by atoms with Crippen molar-refractivity contribution in [2.45, 2.75) is 27.2 Å². The standard InChI is InChI=1S/C10H16BrN3OS/c1-4-7-8(16-14-13-7)9(15)12-6-10(2,3)5-11/h4-6H2,1-3H3,(H,12,15). The fourth-order valence-corrected chi connectivity index (χ4v) is 1.92. The number of aryl methyl sites for hydroxylation is 1. The maximum atomic E-state index is 11.9. The molecule has 0 aliphatic rings. The molecule has 0 aromatic carbocycles. The van der Waals surface area contributed by atoms with Crippen LogP contribution in [0.4, 0.5) is 0 Å². The van der Waals surface area contributed by atoms with Crippen LogP contribution in [0, 0.1) is 5.41 Å². The number of alkyl halides is 1. The summed E-state index contributed by atoms with van der Waals surface area (Å²) in [5, 5.41) is 7.68. The number of hydrogen-bond donors (Lipinski definition) is 1. The van der Waals surface area contributed by atoms with E-state index in [-0.39, 0.29) is 11.3 Å². The van der Waals surface area contributed by atoms with E-state index in [1.807, 2.05) is 6.92 Å². The van der Waals surface area contributed by atoms with Crippen molar-refractivity contribution in [1.82, 2.24) is 14.9 Å². The Morgan fingerprint density at radius 1 is 1.56 bits per heavy atom. The molecule has 1 aromatic rings. The van der Waals surface area contributed by atoms with Gasteiger partial charge in [-0.1, -0.05) is 41.2 Å². The van der Waals surface area contributed by atoms with Gasteiger partial charge in [0.05, 0.1) is 5.69 Å². The van der Waals surface area contributed by atoms with Crippen LogP contribution in [0.5, 0.6) is 0 Å². The van der Waals surface area contributed by atoms with E-state index < -0.39 is 0 Å². The number of halogens is 1. The number of hydrogen-bond acceptors (Lipinski definition) is 4. The molecular weight excluding hydrogens is 290 g/mol. The van der Waals surface area contributed by atoms with Crippen molar-refractivity contribution in [3.05, 3.63) is 10.6 Å². The van der Waals surface area contributed by atoms with Crippen molar-refractivity contribution in [3.63, 3.8) is 0 Å². The van der Waals surface area contributed by atoms with Gasteiger partial charge in [0.15, 0.2) is 0 Å². The molecule has 4 nitrogen and oxygen atoms in total. The zero-order valence-corrected chi connectivity index (χ0v) is 12.1. The first-order chi connectivity index (χ1) is 7.50. The van der Waals surface area contributed by atoms with Crippen LogP contribution in [-0.4, -0.2) is 27.4 Å². The van der Waals surface area contributed by atoms with Crippen LogP contribution in [0.25, 0.3) is 0 Å². The van der Waals surface area contributed by atoms with Crippen molar-refractivity contribution in [2.75, 3.05) is 11.9 Å². The van der Waals surface area contributed by atoms with Gasteiger partial charge in [0, 0.05) is 11.9 Å². The van der Waals surface area contributed by atoms with Gasteiger partial charge in [0.2, 0.25) is 0 Å². The molecule has 0 unspecified atom stereocenters. The summed E-state index contributed by atoms with van der Waals surface area (Å²) in [6.45, 7) is 6.79. The minimum atomic E-state index is -0.0686. The molecule has 90 valence electrons. The predicted molar refractivity (Wildman–Crippen MR) is 69.2 cm³/mol. The van der Waals surface area contributed by atoms with Crippen molar-refractivity contribution in [1.29, 1.82) is 0 Å². The summed E-state index contributed by atoms with van der Waals surface area (Å²) >= 11 is 4.58. The topological polar surface area (TPSA) is 54.9 Å². The van der Waals surface area contributed by atoms with Gasteiger partial charge in [-0.05, 0) is 23.4 Å². The Bertz CT molecular complexity index is 365. The molecule has 1 amide bonds. The largest absolute Gasteiger partial charge is 0.351 e. The van der Waals surface area contributed by atoms with E-state index in [0.717, 1.165) is 29.0 Å². The van der Waals surface area contributed by atoms with E-state index in [0.29, 0.717) is 11.4 Å². The average Bonchev–Trinajstić information content (AvgIpc) is 2.74. The fourth-order valence-electron chi connectivity index (χ4n) is 1.06. The Hall–Kier alpha value is -0.490. The van der Waals surface area contributed by atoms with E-state index in [4.69, 9.17) is 0 Å². The summed E-state index contributed by atoms with van der Waals surface area (Å²) in [6.07, 6.45) is 0.737. The first kappa shape index (κ1) is 13.6. The monoisotopic (exact) mass is 305 g/mol. The Balaban J connectivity index is 2.60. The lowest BCUT2D eigenvalue weighted by Crippen LogP contribution is -2.34. The zero-order valence-electron chi connectivity index (χ0n) is 9.71. The van der Waals surface area contributed by atoms with Gasteiger partial charge in [0.1, 0.15) is 4.88 Å². The van der Waals surface area contributed by atoms with Gasteiger partial charge in [-0.15, -0.1) is 5.10 Å². The number of rotatable bonds is 5. The maximum absolute atomic E-state index is 11.9. The molecule has 1 N–H and O–H groups in total. The zero-order chi connectivity index (χ0) is 12.2. The minimum Gasteiger partial charge on any atom is -0.351 e. The first-order valence-corrected chi connectivity index (χ1v) is 7.05. The van der Waals surface area contributed by atoms with E-state index in [1.165, 1.54) is 0 Å². The molecule has 16 heavy (non-hydrogen) atoms. The molecule has 0 fully saturated rings. The third-order valence-corrected chi connectivity index (χ3v) is 4.47. The molecular formula is C10H16BrN3OS. The fraction of sp³-hybridized carbons (Fsp3) is 0.700. The summed E-state index contributed by atoms with van der Waals surface area (Å²) in [7, 11) is 0. The Kier molecular flexibility index (Phi) is 4.86. The van der Waals surface area contributed by atoms with Gasteiger partial charge in [-0.3, -0.25) is 4.79 Å². The van der Waals surface area contributed by atoms with Gasteiger partial charge in [0.25, 0.3) is 5.91 Å². The van der Waals surface area contributed by atoms with Gasteiger partial charge in [-0.2, -0.15) is 0 Å². The normalized spacial score (nSPS) is 11.5. The second-order valence-corrected chi connectivity index (χ2v) is 5.70. The van der Waals surface area contributed by atoms with Crippen LogP contribution in [0.2, 0.25) is 0 Å². The SMILES string of the molecule is CCc1nnsc1C(=O)NCC(C)(C)CBr. The Morgan fingerprint density at radius 3 is 2.81 bits per heavy atom. The minimum absolute atomic E-state index is 0.0557. The molecule has 0 saturated heterocycles. The van der Waals surface area contributed by atoms with E-state index in [1.54, 1.807) is 0 Å². The van der Waals surface area contributed by atoms with Crippen LogP contribution < -0.4 is 5.32 Å². The Morgan fingerprint density at radius 2 is 2.25 bits per heavy atom. The number of amides is 1. The summed E-state index contributed by atoms with van der Waals surface area (Å²) < 4.78 is 3.80. The highest BCUT2D eigenvalue weighted by molar-refractivity contribution is 9.09. The van der Waals surface area contributed by atoms with Crippen LogP contribution in [0.3, 0.4) is 0 Å². The molecule has 1 aromatic heterocycles. The quantitative estimate of drug-likeness (QED) is 0.849. The molecule has 0 aliphatic heterocycles. The van der Waals surface area contributed by atoms with Crippen molar-refractivity contribution < 1.29 is 4.79 Å². The van der Waals surface area contributed by atoms with Crippen molar-refractivity contribution in [2.24, 2.45) is 5.41 Å². The van der Waals surface area contributed by atoms with E-state index in [9.17, 15) is 4.79 Å². The van der Waals surface area contributed by atoms with Crippen LogP contribution >= 0.6 is 27.5 Å². The highest BCUT2D eigenvalue weighted by Gasteiger charge is 2.20. The predicted octanol–water partition coefficient (Wildman–Crippen LogP) is 2.25. The van der Waals surface area contributed by atoms with Gasteiger partial charge in [-0.25, -0.2) is 0 Å². The molecule has 0 spiro atoms. The lowest BCUT2D eigenvalue weighted by molar-refractivity contribution is 0.0943. The number of carbonyl (C=O) groups is 1. The van der Waals surface area contributed by atoms with Crippen LogP contribution in [0.15, 0.2) is 0 Å². The third-order valence-electron chi connectivity index (χ3n) is 2.19. The molecule has 6 heteroatoms. The summed E-state index contributed by atoms with van der Waals surface area (Å²) in [4.78, 5) is 12.5. The number of aromatic nitrogens is 2. The van der Waals surface area contributed by atoms with Crippen molar-refractivity contribution in [3.8, 4) is 0 Å². The van der Waals surface area contributed by atoms with Gasteiger partial charge < -0.3 is 5.32 Å². The molecule has 1 heterocycles. The highest BCUT2D eigenvalue weighted by Crippen LogP contribution is 2.17. The molecule has 0 aliphatic carbocycles. The summed E-state index contributed by atoms with van der Waals surface area (Å²) in [5.41, 5.74) is 0.833.